The van der Waals surface area contributed by atoms with Crippen LogP contribution in [0.3, 0.4) is 0 Å². The summed E-state index contributed by atoms with van der Waals surface area (Å²) in [5.74, 6) is -10.4. The van der Waals surface area contributed by atoms with Gasteiger partial charge in [0.1, 0.15) is 48.8 Å². The highest BCUT2D eigenvalue weighted by molar-refractivity contribution is 5.90. The summed E-state index contributed by atoms with van der Waals surface area (Å²) in [7, 11) is 8.34. The van der Waals surface area contributed by atoms with Gasteiger partial charge < -0.3 is 48.5 Å². The maximum Gasteiger partial charge on any atom is 0.310 e. The van der Waals surface area contributed by atoms with E-state index in [4.69, 9.17) is 37.9 Å². The number of ether oxygens (including phenoxy) is 8. The van der Waals surface area contributed by atoms with Gasteiger partial charge in [-0.2, -0.15) is 0 Å². The standard InChI is InChI=1S/C48H86N4O8.C46H80N2O8/c1-41(2)23-31(24-42(3,4)49(41)17)57-37(53)21-35(39(55)59-33-27-45(9,10)51(19)46(11,12)28-33)36(40(56)60-34-29-47(13,14)52(20)48(15,16)30-34)22-38(54)58-32-25-43(5,6)50(18)44(7,8)26-32;1-39(2)19-29(20-40(3,4)27-39)55-37(51)33(17-35(49)53-31-23-43(9,10)47-44(11,12)24-31)34(38(52)56-30-21-41(5,6)28-42(7,8)22-30)18-36(50)54-32-25-45(13,14)48-46(15,16)26-32/h31-36H,21-30H2,1-20H3;29-34,47-48H,17-28H2,1-16H3. The Kier molecular flexibility index (Phi) is 29.5. The van der Waals surface area contributed by atoms with E-state index in [1.165, 1.54) is 0 Å². The molecule has 2 N–H and O–H groups in total. The second-order valence-electron chi connectivity index (χ2n) is 48.7. The zero-order valence-electron chi connectivity index (χ0n) is 79.8. The molecule has 6 saturated heterocycles. The van der Waals surface area contributed by atoms with Gasteiger partial charge in [0.2, 0.25) is 0 Å². The summed E-state index contributed by atoms with van der Waals surface area (Å²) < 4.78 is 50.2. The molecule has 4 unspecified atom stereocenters. The minimum atomic E-state index is -1.34. The number of nitrogens with one attached hydrogen (secondary N) is 2. The van der Waals surface area contributed by atoms with Crippen LogP contribution in [-0.2, 0) is 76.3 Å². The number of hydrogen-bond acceptors (Lipinski definition) is 22. The summed E-state index contributed by atoms with van der Waals surface area (Å²) in [5, 5.41) is 7.24. The van der Waals surface area contributed by atoms with Gasteiger partial charge >= 0.3 is 47.8 Å². The van der Waals surface area contributed by atoms with Crippen LogP contribution >= 0.6 is 0 Å². The Morgan fingerprint density at radius 1 is 0.233 bits per heavy atom. The monoisotopic (exact) mass is 1640 g/mol. The third-order valence-corrected chi connectivity index (χ3v) is 28.5. The van der Waals surface area contributed by atoms with Crippen LogP contribution in [0.2, 0.25) is 0 Å². The first kappa shape index (κ1) is 98.6. The lowest BCUT2D eigenvalue weighted by Crippen LogP contribution is -2.61. The quantitative estimate of drug-likeness (QED) is 0.0755. The summed E-state index contributed by atoms with van der Waals surface area (Å²) in [6, 6.07) is 0. The van der Waals surface area contributed by atoms with E-state index in [1.54, 1.807) is 0 Å². The van der Waals surface area contributed by atoms with E-state index in [-0.39, 0.29) is 100 Å². The number of esters is 8. The maximum absolute atomic E-state index is 14.8. The predicted molar refractivity (Wildman–Crippen MR) is 456 cm³/mol. The molecule has 0 aromatic rings. The van der Waals surface area contributed by atoms with E-state index in [9.17, 15) is 38.4 Å². The molecule has 6 heterocycles. The van der Waals surface area contributed by atoms with Gasteiger partial charge in [-0.1, -0.05) is 55.4 Å². The maximum atomic E-state index is 14.8. The van der Waals surface area contributed by atoms with Gasteiger partial charge in [-0.05, 0) is 255 Å². The summed E-state index contributed by atoms with van der Waals surface area (Å²) in [6.07, 6.45) is 6.60. The zero-order chi connectivity index (χ0) is 88.5. The van der Waals surface area contributed by atoms with Crippen LogP contribution in [0.4, 0.5) is 0 Å². The minimum absolute atomic E-state index is 0.0745. The number of nitrogens with zero attached hydrogens (tertiary/aromatic N) is 4. The van der Waals surface area contributed by atoms with Crippen molar-refractivity contribution in [1.29, 1.82) is 0 Å². The van der Waals surface area contributed by atoms with Gasteiger partial charge in [-0.25, -0.2) is 0 Å². The third-order valence-electron chi connectivity index (χ3n) is 28.5. The summed E-state index contributed by atoms with van der Waals surface area (Å²) in [6.45, 7) is 68.2. The van der Waals surface area contributed by atoms with Crippen molar-refractivity contribution in [2.75, 3.05) is 28.2 Å². The fourth-order valence-corrected chi connectivity index (χ4v) is 24.0. The fraction of sp³-hybridized carbons (Fsp3) is 0.915. The second kappa shape index (κ2) is 34.7. The number of likely N-dealkylation sites (tertiary alicyclic amines) is 4. The molecule has 8 aliphatic rings. The van der Waals surface area contributed by atoms with Crippen LogP contribution in [0.15, 0.2) is 0 Å². The Morgan fingerprint density at radius 2 is 0.371 bits per heavy atom. The topological polar surface area (TPSA) is 247 Å². The van der Waals surface area contributed by atoms with Gasteiger partial charge in [0.15, 0.2) is 0 Å². The molecule has 0 radical (unpaired) electrons. The SMILES string of the molecule is CC1(C)CC(OC(=O)C(CC(=O)OC2CC(C)(C)NC(C)(C)C2)C(CC(=O)OC2CC(C)(C)NC(C)(C)C2)C(=O)OC2CC(C)(C)CC(C)(C)C2)CC(C)(C)C1.CN1C(C)(C)CC(OC(=O)CC(C(=O)OC2CC(C)(C)N(C)C(C)(C)C2)C(CC(=O)OC2CC(C)(C)N(C)C(C)(C)C2)C(=O)OC2CC(C)(C)N(C)C(C)(C)C2)CC1(C)C. The Balaban J connectivity index is 0.000000322. The van der Waals surface area contributed by atoms with E-state index in [1.807, 2.05) is 0 Å². The van der Waals surface area contributed by atoms with Crippen LogP contribution in [0.25, 0.3) is 0 Å². The summed E-state index contributed by atoms with van der Waals surface area (Å²) in [5.41, 5.74) is -3.56. The molecular weight excluding hydrogens is 1470 g/mol. The molecule has 6 aliphatic heterocycles. The molecule has 0 bridgehead atoms. The molecule has 0 aromatic carbocycles. The largest absolute Gasteiger partial charge is 0.462 e. The predicted octanol–water partition coefficient (Wildman–Crippen LogP) is 16.8. The average molecular weight is 1640 g/mol. The van der Waals surface area contributed by atoms with Crippen LogP contribution in [-0.4, -0.2) is 211 Å². The first-order valence-electron chi connectivity index (χ1n) is 44.2. The molecule has 2 saturated carbocycles. The Bertz CT molecular complexity index is 3140. The van der Waals surface area contributed by atoms with Crippen molar-refractivity contribution in [2.45, 2.75) is 478 Å². The number of piperidine rings is 6. The second-order valence-corrected chi connectivity index (χ2v) is 48.7. The third kappa shape index (κ3) is 26.8. The zero-order valence-corrected chi connectivity index (χ0v) is 79.8. The fourth-order valence-electron chi connectivity index (χ4n) is 24.0. The molecule has 22 nitrogen and oxygen atoms in total. The molecule has 116 heavy (non-hydrogen) atoms. The Labute approximate surface area is 702 Å². The molecule has 8 fully saturated rings. The highest BCUT2D eigenvalue weighted by Crippen LogP contribution is 2.51. The van der Waals surface area contributed by atoms with Gasteiger partial charge in [-0.3, -0.25) is 58.0 Å². The van der Waals surface area contributed by atoms with E-state index >= 15 is 0 Å². The molecular formula is C94H166N6O16. The molecule has 0 aromatic heterocycles. The van der Waals surface area contributed by atoms with Crippen molar-refractivity contribution in [1.82, 2.24) is 30.2 Å². The number of hydrogen-bond donors (Lipinski definition) is 2. The molecule has 0 spiro atoms. The van der Waals surface area contributed by atoms with Crippen molar-refractivity contribution >= 4 is 47.8 Å². The molecule has 668 valence electrons. The smallest absolute Gasteiger partial charge is 0.310 e. The van der Waals surface area contributed by atoms with Crippen LogP contribution in [0, 0.1) is 45.3 Å². The number of carbonyl (C=O) groups excluding carboxylic acids is 8. The van der Waals surface area contributed by atoms with Crippen molar-refractivity contribution in [3.05, 3.63) is 0 Å². The number of carbonyl (C=O) groups is 8. The highest BCUT2D eigenvalue weighted by atomic mass is 16.6. The van der Waals surface area contributed by atoms with Crippen LogP contribution in [0.1, 0.15) is 363 Å². The van der Waals surface area contributed by atoms with Crippen LogP contribution < -0.4 is 10.6 Å². The minimum Gasteiger partial charge on any atom is -0.462 e. The van der Waals surface area contributed by atoms with E-state index in [0.717, 1.165) is 12.8 Å². The summed E-state index contributed by atoms with van der Waals surface area (Å²) in [4.78, 5) is 125. The van der Waals surface area contributed by atoms with E-state index in [0.29, 0.717) is 103 Å². The summed E-state index contributed by atoms with van der Waals surface area (Å²) >= 11 is 0. The van der Waals surface area contributed by atoms with E-state index < -0.39 is 134 Å². The molecule has 8 rings (SSSR count). The van der Waals surface area contributed by atoms with Gasteiger partial charge in [-0.15, -0.1) is 0 Å². The number of rotatable bonds is 22. The molecule has 2 aliphatic carbocycles. The normalized spacial score (nSPS) is 28.1. The Hall–Kier alpha value is -4.48. The van der Waals surface area contributed by atoms with Crippen molar-refractivity contribution in [2.24, 2.45) is 45.3 Å². The van der Waals surface area contributed by atoms with Gasteiger partial charge in [0.25, 0.3) is 0 Å². The van der Waals surface area contributed by atoms with Gasteiger partial charge in [0.05, 0.1) is 49.4 Å². The van der Waals surface area contributed by atoms with Crippen LogP contribution in [0.5, 0.6) is 0 Å². The lowest BCUT2D eigenvalue weighted by Gasteiger charge is -2.53. The van der Waals surface area contributed by atoms with Crippen molar-refractivity contribution in [3.63, 3.8) is 0 Å². The molecule has 4 atom stereocenters. The first-order valence-corrected chi connectivity index (χ1v) is 44.2. The molecule has 0 amide bonds. The lowest BCUT2D eigenvalue weighted by molar-refractivity contribution is -0.182. The average Bonchev–Trinajstić information content (AvgIpc) is 0.772. The van der Waals surface area contributed by atoms with E-state index in [2.05, 4.69) is 280 Å². The van der Waals surface area contributed by atoms with Gasteiger partial charge in [0, 0.05) is 144 Å². The lowest BCUT2D eigenvalue weighted by atomic mass is 9.64. The first-order chi connectivity index (χ1) is 52.1. The highest BCUT2D eigenvalue weighted by Gasteiger charge is 2.54. The Morgan fingerprint density at radius 3 is 0.534 bits per heavy atom. The molecule has 22 heteroatoms. The van der Waals surface area contributed by atoms with Crippen molar-refractivity contribution in [3.8, 4) is 0 Å². The van der Waals surface area contributed by atoms with Crippen molar-refractivity contribution < 1.29 is 76.3 Å².